The van der Waals surface area contributed by atoms with Crippen molar-refractivity contribution < 1.29 is 9.53 Å². The molecule has 0 spiro atoms. The molecular formula is C7H11N3O2. The number of hydrogen-bond donors (Lipinski definition) is 2. The fraction of sp³-hybridized carbons (Fsp3) is 0.429. The van der Waals surface area contributed by atoms with Crippen LogP contribution < -0.4 is 5.32 Å². The molecule has 0 saturated carbocycles. The van der Waals surface area contributed by atoms with Crippen molar-refractivity contribution in [3.05, 3.63) is 18.2 Å². The van der Waals surface area contributed by atoms with Gasteiger partial charge in [-0.3, -0.25) is 4.79 Å². The van der Waals surface area contributed by atoms with Gasteiger partial charge in [0.1, 0.15) is 12.4 Å². The van der Waals surface area contributed by atoms with Gasteiger partial charge in [0.2, 0.25) is 5.91 Å². The SMILES string of the molecule is COCC(=O)NCc1ncc[nH]1. The Morgan fingerprint density at radius 2 is 2.67 bits per heavy atom. The van der Waals surface area contributed by atoms with Crippen LogP contribution in [-0.2, 0) is 16.1 Å². The molecule has 0 aliphatic heterocycles. The maximum atomic E-state index is 10.9. The number of imidazole rings is 1. The van der Waals surface area contributed by atoms with Crippen LogP contribution in [0.25, 0.3) is 0 Å². The zero-order chi connectivity index (χ0) is 8.81. The number of carbonyl (C=O) groups excluding carboxylic acids is 1. The summed E-state index contributed by atoms with van der Waals surface area (Å²) in [7, 11) is 1.48. The number of amides is 1. The molecule has 1 amide bonds. The van der Waals surface area contributed by atoms with Crippen molar-refractivity contribution in [2.24, 2.45) is 0 Å². The maximum absolute atomic E-state index is 10.9. The van der Waals surface area contributed by atoms with E-state index in [-0.39, 0.29) is 12.5 Å². The summed E-state index contributed by atoms with van der Waals surface area (Å²) < 4.78 is 4.63. The van der Waals surface area contributed by atoms with Crippen molar-refractivity contribution in [1.82, 2.24) is 15.3 Å². The average molecular weight is 169 g/mol. The van der Waals surface area contributed by atoms with Gasteiger partial charge in [-0.1, -0.05) is 0 Å². The number of aromatic nitrogens is 2. The van der Waals surface area contributed by atoms with Crippen LogP contribution in [0.3, 0.4) is 0 Å². The highest BCUT2D eigenvalue weighted by Crippen LogP contribution is 1.85. The van der Waals surface area contributed by atoms with Crippen LogP contribution in [0.1, 0.15) is 5.82 Å². The van der Waals surface area contributed by atoms with Gasteiger partial charge in [-0.05, 0) is 0 Å². The highest BCUT2D eigenvalue weighted by Gasteiger charge is 1.99. The number of aromatic amines is 1. The van der Waals surface area contributed by atoms with Crippen molar-refractivity contribution >= 4 is 5.91 Å². The lowest BCUT2D eigenvalue weighted by atomic mass is 10.5. The molecule has 5 nitrogen and oxygen atoms in total. The fourth-order valence-corrected chi connectivity index (χ4v) is 0.759. The van der Waals surface area contributed by atoms with Gasteiger partial charge in [-0.2, -0.15) is 0 Å². The lowest BCUT2D eigenvalue weighted by Gasteiger charge is -2.00. The van der Waals surface area contributed by atoms with E-state index in [1.165, 1.54) is 7.11 Å². The molecule has 0 bridgehead atoms. The normalized spacial score (nSPS) is 9.75. The summed E-state index contributed by atoms with van der Waals surface area (Å²) in [6, 6.07) is 0. The molecular weight excluding hydrogens is 158 g/mol. The quantitative estimate of drug-likeness (QED) is 0.648. The number of rotatable bonds is 4. The van der Waals surface area contributed by atoms with Gasteiger partial charge in [0.25, 0.3) is 0 Å². The zero-order valence-corrected chi connectivity index (χ0v) is 6.83. The molecule has 12 heavy (non-hydrogen) atoms. The Kier molecular flexibility index (Phi) is 3.28. The third kappa shape index (κ3) is 2.71. The van der Waals surface area contributed by atoms with Crippen LogP contribution in [0.2, 0.25) is 0 Å². The molecule has 0 unspecified atom stereocenters. The lowest BCUT2D eigenvalue weighted by Crippen LogP contribution is -2.26. The predicted octanol–water partition coefficient (Wildman–Crippen LogP) is -0.328. The number of carbonyl (C=O) groups is 1. The van der Waals surface area contributed by atoms with Crippen LogP contribution in [0.4, 0.5) is 0 Å². The third-order valence-electron chi connectivity index (χ3n) is 1.28. The van der Waals surface area contributed by atoms with Crippen molar-refractivity contribution in [1.29, 1.82) is 0 Å². The number of hydrogen-bond acceptors (Lipinski definition) is 3. The van der Waals surface area contributed by atoms with E-state index in [9.17, 15) is 4.79 Å². The Bertz CT molecular complexity index is 233. The Labute approximate surface area is 70.1 Å². The minimum Gasteiger partial charge on any atom is -0.375 e. The van der Waals surface area contributed by atoms with E-state index >= 15 is 0 Å². The summed E-state index contributed by atoms with van der Waals surface area (Å²) in [6.45, 7) is 0.496. The number of H-pyrrole nitrogens is 1. The second kappa shape index (κ2) is 4.50. The number of ether oxygens (including phenoxy) is 1. The van der Waals surface area contributed by atoms with Crippen molar-refractivity contribution in [2.45, 2.75) is 6.54 Å². The van der Waals surface area contributed by atoms with E-state index in [4.69, 9.17) is 0 Å². The summed E-state index contributed by atoms with van der Waals surface area (Å²) in [5, 5.41) is 2.63. The van der Waals surface area contributed by atoms with Crippen LogP contribution in [0.15, 0.2) is 12.4 Å². The molecule has 66 valence electrons. The fourth-order valence-electron chi connectivity index (χ4n) is 0.759. The van der Waals surface area contributed by atoms with Crippen molar-refractivity contribution in [3.63, 3.8) is 0 Å². The summed E-state index contributed by atoms with van der Waals surface area (Å²) in [5.74, 6) is 0.591. The molecule has 0 aromatic carbocycles. The molecule has 0 radical (unpaired) electrons. The molecule has 0 atom stereocenters. The van der Waals surface area contributed by atoms with Crippen LogP contribution in [-0.4, -0.2) is 29.6 Å². The molecule has 1 aromatic heterocycles. The summed E-state index contributed by atoms with van der Waals surface area (Å²) in [6.07, 6.45) is 3.34. The van der Waals surface area contributed by atoms with Crippen molar-refractivity contribution in [2.75, 3.05) is 13.7 Å². The molecule has 0 fully saturated rings. The van der Waals surface area contributed by atoms with E-state index in [0.29, 0.717) is 6.54 Å². The molecule has 0 aliphatic carbocycles. The van der Waals surface area contributed by atoms with Crippen LogP contribution >= 0.6 is 0 Å². The van der Waals surface area contributed by atoms with Crippen LogP contribution in [0, 0.1) is 0 Å². The van der Waals surface area contributed by atoms with Gasteiger partial charge in [-0.25, -0.2) is 4.98 Å². The molecule has 5 heteroatoms. The van der Waals surface area contributed by atoms with E-state index in [1.807, 2.05) is 0 Å². The number of methoxy groups -OCH3 is 1. The monoisotopic (exact) mass is 169 g/mol. The van der Waals surface area contributed by atoms with E-state index in [0.717, 1.165) is 5.82 Å². The summed E-state index contributed by atoms with van der Waals surface area (Å²) in [5.41, 5.74) is 0. The first-order valence-corrected chi connectivity index (χ1v) is 3.57. The molecule has 1 aromatic rings. The Balaban J connectivity index is 2.22. The van der Waals surface area contributed by atoms with Gasteiger partial charge in [0, 0.05) is 19.5 Å². The molecule has 2 N–H and O–H groups in total. The predicted molar refractivity (Wildman–Crippen MR) is 42.3 cm³/mol. The standard InChI is InChI=1S/C7H11N3O2/c1-12-5-7(11)10-4-6-8-2-3-9-6/h2-3H,4-5H2,1H3,(H,8,9)(H,10,11). The summed E-state index contributed by atoms with van der Waals surface area (Å²) in [4.78, 5) is 17.7. The average Bonchev–Trinajstić information content (AvgIpc) is 2.53. The minimum atomic E-state index is -0.145. The van der Waals surface area contributed by atoms with Gasteiger partial charge in [-0.15, -0.1) is 0 Å². The molecule has 0 saturated heterocycles. The second-order valence-corrected chi connectivity index (χ2v) is 2.25. The number of nitrogens with one attached hydrogen (secondary N) is 2. The largest absolute Gasteiger partial charge is 0.375 e. The van der Waals surface area contributed by atoms with Crippen LogP contribution in [0.5, 0.6) is 0 Å². The smallest absolute Gasteiger partial charge is 0.246 e. The summed E-state index contributed by atoms with van der Waals surface area (Å²) >= 11 is 0. The first-order valence-electron chi connectivity index (χ1n) is 3.57. The topological polar surface area (TPSA) is 67.0 Å². The third-order valence-corrected chi connectivity index (χ3v) is 1.28. The Morgan fingerprint density at radius 3 is 3.25 bits per heavy atom. The van der Waals surface area contributed by atoms with E-state index in [1.54, 1.807) is 12.4 Å². The Morgan fingerprint density at radius 1 is 1.83 bits per heavy atom. The first kappa shape index (κ1) is 8.73. The van der Waals surface area contributed by atoms with Gasteiger partial charge < -0.3 is 15.0 Å². The van der Waals surface area contributed by atoms with Crippen molar-refractivity contribution in [3.8, 4) is 0 Å². The highest BCUT2D eigenvalue weighted by molar-refractivity contribution is 5.76. The first-order chi connectivity index (χ1) is 5.83. The molecule has 1 rings (SSSR count). The van der Waals surface area contributed by atoms with E-state index in [2.05, 4.69) is 20.0 Å². The zero-order valence-electron chi connectivity index (χ0n) is 6.83. The van der Waals surface area contributed by atoms with Gasteiger partial charge in [0.05, 0.1) is 6.54 Å². The number of nitrogens with zero attached hydrogens (tertiary/aromatic N) is 1. The Hall–Kier alpha value is -1.36. The van der Waals surface area contributed by atoms with E-state index < -0.39 is 0 Å². The van der Waals surface area contributed by atoms with Gasteiger partial charge >= 0.3 is 0 Å². The second-order valence-electron chi connectivity index (χ2n) is 2.25. The minimum absolute atomic E-state index is 0.0840. The highest BCUT2D eigenvalue weighted by atomic mass is 16.5. The maximum Gasteiger partial charge on any atom is 0.246 e. The molecule has 0 aliphatic rings. The van der Waals surface area contributed by atoms with Gasteiger partial charge in [0.15, 0.2) is 0 Å². The lowest BCUT2D eigenvalue weighted by molar-refractivity contribution is -0.124. The molecule has 1 heterocycles.